The molecule has 4 heteroatoms. The quantitative estimate of drug-likeness (QED) is 0.283. The minimum absolute atomic E-state index is 0.0407. The van der Waals surface area contributed by atoms with E-state index in [4.69, 9.17) is 9.16 Å². The van der Waals surface area contributed by atoms with Crippen LogP contribution in [0.5, 0.6) is 0 Å². The van der Waals surface area contributed by atoms with Crippen LogP contribution in [0.3, 0.4) is 0 Å². The highest BCUT2D eigenvalue weighted by Crippen LogP contribution is 2.77. The molecule has 6 atom stereocenters. The zero-order chi connectivity index (χ0) is 21.6. The fourth-order valence-corrected chi connectivity index (χ4v) is 11.8. The number of esters is 1. The van der Waals surface area contributed by atoms with Gasteiger partial charge in [0.2, 0.25) is 0 Å². The smallest absolute Gasteiger partial charge is 0.313 e. The van der Waals surface area contributed by atoms with Crippen LogP contribution >= 0.6 is 0 Å². The van der Waals surface area contributed by atoms with E-state index in [1.54, 1.807) is 0 Å². The van der Waals surface area contributed by atoms with E-state index in [1.807, 2.05) is 0 Å². The largest absolute Gasteiger partial charge is 0.457 e. The highest BCUT2D eigenvalue weighted by atomic mass is 28.4. The van der Waals surface area contributed by atoms with Crippen molar-refractivity contribution in [2.75, 3.05) is 0 Å². The lowest BCUT2D eigenvalue weighted by atomic mass is 9.41. The van der Waals surface area contributed by atoms with Crippen molar-refractivity contribution in [2.45, 2.75) is 109 Å². The van der Waals surface area contributed by atoms with E-state index in [-0.39, 0.29) is 39.3 Å². The summed E-state index contributed by atoms with van der Waals surface area (Å²) < 4.78 is 13.7. The van der Waals surface area contributed by atoms with Crippen molar-refractivity contribution in [3.05, 3.63) is 24.3 Å². The maximum Gasteiger partial charge on any atom is 0.313 e. The summed E-state index contributed by atoms with van der Waals surface area (Å²) in [5.74, 6) is 0.248. The summed E-state index contributed by atoms with van der Waals surface area (Å²) in [6.07, 6.45) is 12.1. The molecule has 0 N–H and O–H groups in total. The number of carbonyl (C=O) groups excluding carboxylic acids is 1. The molecule has 3 nitrogen and oxygen atoms in total. The van der Waals surface area contributed by atoms with Crippen LogP contribution in [0.1, 0.15) is 79.6 Å². The summed E-state index contributed by atoms with van der Waals surface area (Å²) in [5, 5.41) is 0. The second-order valence-corrected chi connectivity index (χ2v) is 16.4. The second-order valence-electron chi connectivity index (χ2n) is 11.7. The zero-order valence-corrected chi connectivity index (χ0v) is 20.7. The van der Waals surface area contributed by atoms with Crippen molar-refractivity contribution in [1.82, 2.24) is 0 Å². The molecule has 0 aromatic rings. The van der Waals surface area contributed by atoms with Crippen molar-refractivity contribution in [3.63, 3.8) is 0 Å². The van der Waals surface area contributed by atoms with Gasteiger partial charge in [-0.15, -0.1) is 0 Å². The molecular weight excluding hydrogens is 388 g/mol. The number of rotatable bonds is 5. The molecule has 4 bridgehead atoms. The van der Waals surface area contributed by atoms with Gasteiger partial charge in [0.15, 0.2) is 8.32 Å². The van der Waals surface area contributed by atoms with Gasteiger partial charge < -0.3 is 9.16 Å². The van der Waals surface area contributed by atoms with E-state index in [0.29, 0.717) is 0 Å². The Balaban J connectivity index is 1.59. The van der Waals surface area contributed by atoms with E-state index in [2.05, 4.69) is 53.3 Å². The lowest BCUT2D eigenvalue weighted by molar-refractivity contribution is -0.194. The van der Waals surface area contributed by atoms with Gasteiger partial charge in [-0.05, 0) is 70.0 Å². The molecule has 5 rings (SSSR count). The molecular formula is C26H40O3Si. The van der Waals surface area contributed by atoms with Crippen molar-refractivity contribution in [2.24, 2.45) is 22.2 Å². The molecule has 1 aliphatic heterocycles. The minimum Gasteiger partial charge on any atom is -0.457 e. The maximum atomic E-state index is 13.1. The number of fused-ring (bicyclic) bond motifs is 1. The van der Waals surface area contributed by atoms with E-state index in [1.165, 1.54) is 23.7 Å². The summed E-state index contributed by atoms with van der Waals surface area (Å²) in [6, 6.07) is 3.57. The van der Waals surface area contributed by atoms with Crippen molar-refractivity contribution >= 4 is 14.3 Å². The van der Waals surface area contributed by atoms with Crippen LogP contribution in [0.4, 0.5) is 0 Å². The Hall–Kier alpha value is -0.873. The van der Waals surface area contributed by atoms with Crippen LogP contribution in [0.25, 0.3) is 0 Å². The Kier molecular flexibility index (Phi) is 4.29. The molecule has 4 aliphatic carbocycles. The number of allylic oxidation sites excluding steroid dienone is 1. The summed E-state index contributed by atoms with van der Waals surface area (Å²) >= 11 is 0. The summed E-state index contributed by atoms with van der Waals surface area (Å²) in [6.45, 7) is 16.2. The van der Waals surface area contributed by atoms with Crippen molar-refractivity contribution in [3.8, 4) is 0 Å². The molecule has 0 unspecified atom stereocenters. The van der Waals surface area contributed by atoms with Gasteiger partial charge in [0.1, 0.15) is 5.60 Å². The van der Waals surface area contributed by atoms with Crippen molar-refractivity contribution in [1.29, 1.82) is 0 Å². The Bertz CT molecular complexity index is 822. The molecule has 0 aromatic heterocycles. The fourth-order valence-electron chi connectivity index (χ4n) is 8.73. The molecule has 0 radical (unpaired) electrons. The van der Waals surface area contributed by atoms with E-state index < -0.39 is 8.32 Å². The molecule has 30 heavy (non-hydrogen) atoms. The fraction of sp³-hybridized carbons (Fsp3) is 0.808. The first-order valence-corrected chi connectivity index (χ1v) is 14.9. The second kappa shape index (κ2) is 6.13. The van der Waals surface area contributed by atoms with Crippen molar-refractivity contribution < 1.29 is 14.0 Å². The lowest BCUT2D eigenvalue weighted by Crippen LogP contribution is -2.65. The van der Waals surface area contributed by atoms with Crippen LogP contribution in [0.2, 0.25) is 18.1 Å². The molecule has 3 saturated carbocycles. The first kappa shape index (κ1) is 21.0. The molecule has 4 fully saturated rings. The minimum atomic E-state index is -1.71. The third-order valence-corrected chi connectivity index (χ3v) is 15.6. The number of carbonyl (C=O) groups is 1. The highest BCUT2D eigenvalue weighted by molar-refractivity contribution is 6.73. The molecule has 0 amide bonds. The van der Waals surface area contributed by atoms with Gasteiger partial charge in [0.25, 0.3) is 0 Å². The Morgan fingerprint density at radius 1 is 1.13 bits per heavy atom. The monoisotopic (exact) mass is 428 g/mol. The standard InChI is InChI=1S/C26H40O3Si/c1-7-30(8-2,9-3)29-24-16-15-23(6)25(18-24,19(4)17-24)14-11-20-22(5)12-10-13-26(20,23)28-21(22)27/h11,14,20H,4,7-10,12-13,15-18H2,1-3,5-6H3/t20-,22-,23+,24-,25+,26+/m0/s1. The van der Waals surface area contributed by atoms with Gasteiger partial charge in [-0.3, -0.25) is 4.79 Å². The molecule has 0 aromatic carbocycles. The van der Waals surface area contributed by atoms with Gasteiger partial charge in [-0.25, -0.2) is 0 Å². The van der Waals surface area contributed by atoms with E-state index in [9.17, 15) is 4.79 Å². The normalized spacial score (nSPS) is 49.0. The van der Waals surface area contributed by atoms with Crippen LogP contribution in [0.15, 0.2) is 24.3 Å². The average molecular weight is 429 g/mol. The molecule has 1 spiro atoms. The maximum absolute atomic E-state index is 13.1. The molecule has 5 aliphatic rings. The zero-order valence-electron chi connectivity index (χ0n) is 19.7. The van der Waals surface area contributed by atoms with Gasteiger partial charge in [-0.1, -0.05) is 52.0 Å². The summed E-state index contributed by atoms with van der Waals surface area (Å²) in [5.41, 5.74) is 0.383. The predicted octanol–water partition coefficient (Wildman–Crippen LogP) is 6.56. The summed E-state index contributed by atoms with van der Waals surface area (Å²) in [7, 11) is -1.71. The van der Waals surface area contributed by atoms with Crippen LogP contribution in [0, 0.1) is 22.2 Å². The Morgan fingerprint density at radius 3 is 2.50 bits per heavy atom. The number of ether oxygens (including phenoxy) is 1. The lowest BCUT2D eigenvalue weighted by Gasteiger charge is -2.63. The Morgan fingerprint density at radius 2 is 1.83 bits per heavy atom. The van der Waals surface area contributed by atoms with Gasteiger partial charge in [-0.2, -0.15) is 0 Å². The van der Waals surface area contributed by atoms with Crippen LogP contribution in [-0.2, 0) is 14.0 Å². The van der Waals surface area contributed by atoms with E-state index in [0.717, 1.165) is 44.9 Å². The molecule has 166 valence electrons. The molecule has 1 saturated heterocycles. The van der Waals surface area contributed by atoms with Gasteiger partial charge >= 0.3 is 5.97 Å². The average Bonchev–Trinajstić information content (AvgIpc) is 3.03. The first-order valence-electron chi connectivity index (χ1n) is 12.4. The third-order valence-electron chi connectivity index (χ3n) is 10.9. The number of hydrogen-bond acceptors (Lipinski definition) is 3. The Labute approximate surface area is 183 Å². The summed E-state index contributed by atoms with van der Waals surface area (Å²) in [4.78, 5) is 13.1. The van der Waals surface area contributed by atoms with E-state index >= 15 is 0 Å². The van der Waals surface area contributed by atoms with Crippen LogP contribution in [-0.4, -0.2) is 25.5 Å². The SMILES string of the molecule is C=C1C[C@@]2(O[Si](CC)(CC)CC)CC[C@]3(C)[C@]1(C=C[C@H]1[C@]4(C)CCC[C@@]13OC4=O)C2. The third kappa shape index (κ3) is 2.14. The van der Waals surface area contributed by atoms with Gasteiger partial charge in [0.05, 0.1) is 11.0 Å². The predicted molar refractivity (Wildman–Crippen MR) is 123 cm³/mol. The first-order chi connectivity index (χ1) is 14.1. The highest BCUT2D eigenvalue weighted by Gasteiger charge is 2.78. The topological polar surface area (TPSA) is 35.5 Å². The molecule has 1 heterocycles. The number of hydrogen-bond donors (Lipinski definition) is 0. The van der Waals surface area contributed by atoms with Crippen LogP contribution < -0.4 is 0 Å². The van der Waals surface area contributed by atoms with Gasteiger partial charge in [0, 0.05) is 16.7 Å².